The van der Waals surface area contributed by atoms with Gasteiger partial charge in [0.05, 0.1) is 12.6 Å². The van der Waals surface area contributed by atoms with E-state index in [1.807, 2.05) is 6.92 Å². The molecular weight excluding hydrogens is 399 g/mol. The van der Waals surface area contributed by atoms with Crippen molar-refractivity contribution in [2.24, 2.45) is 0 Å². The molecule has 2 heterocycles. The van der Waals surface area contributed by atoms with E-state index in [0.717, 1.165) is 10.5 Å². The van der Waals surface area contributed by atoms with Gasteiger partial charge in [0.25, 0.3) is 17.4 Å². The molecule has 3 rings (SSSR count). The highest BCUT2D eigenvalue weighted by Gasteiger charge is 2.47. The minimum atomic E-state index is -2.33. The van der Waals surface area contributed by atoms with Crippen LogP contribution in [0.15, 0.2) is 43.0 Å². The fourth-order valence-corrected chi connectivity index (χ4v) is 3.38. The van der Waals surface area contributed by atoms with E-state index in [9.17, 15) is 14.0 Å². The van der Waals surface area contributed by atoms with Crippen molar-refractivity contribution in [3.8, 4) is 0 Å². The maximum Gasteiger partial charge on any atom is 0.278 e. The summed E-state index contributed by atoms with van der Waals surface area (Å²) in [7, 11) is 0. The molecule has 1 aromatic carbocycles. The molecule has 3 atom stereocenters. The minimum Gasteiger partial charge on any atom is -0.379 e. The largest absolute Gasteiger partial charge is 0.379 e. The summed E-state index contributed by atoms with van der Waals surface area (Å²) in [4.78, 5) is 35.3. The zero-order valence-electron chi connectivity index (χ0n) is 16.1. The Morgan fingerprint density at radius 1 is 1.31 bits per heavy atom. The van der Waals surface area contributed by atoms with E-state index in [4.69, 9.17) is 16.3 Å². The van der Waals surface area contributed by atoms with Crippen molar-refractivity contribution in [2.75, 3.05) is 18.1 Å². The second kappa shape index (κ2) is 8.84. The normalized spacial score (nSPS) is 19.2. The first kappa shape index (κ1) is 21.1. The van der Waals surface area contributed by atoms with Gasteiger partial charge in [-0.1, -0.05) is 29.3 Å². The minimum absolute atomic E-state index is 0.210. The number of hydrogen-bond donors (Lipinski definition) is 1. The molecule has 1 fully saturated rings. The van der Waals surface area contributed by atoms with Crippen LogP contribution in [0.4, 0.5) is 10.1 Å². The third-order valence-corrected chi connectivity index (χ3v) is 5.16. The summed E-state index contributed by atoms with van der Waals surface area (Å²) < 4.78 is 19.3. The number of anilines is 1. The van der Waals surface area contributed by atoms with Crippen molar-refractivity contribution in [1.29, 1.82) is 0 Å². The molecule has 154 valence electrons. The van der Waals surface area contributed by atoms with Gasteiger partial charge in [-0.25, -0.2) is 14.4 Å². The molecule has 0 spiro atoms. The molecule has 1 aliphatic heterocycles. The van der Waals surface area contributed by atoms with Gasteiger partial charge in [0.15, 0.2) is 5.54 Å². The van der Waals surface area contributed by atoms with Crippen LogP contribution in [0, 0.1) is 6.92 Å². The molecule has 0 saturated carbocycles. The molecule has 1 N–H and O–H groups in total. The zero-order chi connectivity index (χ0) is 21.0. The summed E-state index contributed by atoms with van der Waals surface area (Å²) in [5, 5.41) is 2.89. The van der Waals surface area contributed by atoms with Crippen molar-refractivity contribution in [3.63, 3.8) is 0 Å². The summed E-state index contributed by atoms with van der Waals surface area (Å²) in [5.74, 6) is -1.56. The highest BCUT2D eigenvalue weighted by molar-refractivity contribution is 6.32. The Bertz CT molecular complexity index is 860. The van der Waals surface area contributed by atoms with Crippen LogP contribution < -0.4 is 10.2 Å². The molecule has 2 amide bonds. The van der Waals surface area contributed by atoms with Crippen LogP contribution in [0.5, 0.6) is 0 Å². The molecule has 1 aliphatic rings. The lowest BCUT2D eigenvalue weighted by molar-refractivity contribution is -0.131. The predicted molar refractivity (Wildman–Crippen MR) is 106 cm³/mol. The number of benzene rings is 1. The van der Waals surface area contributed by atoms with Crippen molar-refractivity contribution in [2.45, 2.75) is 37.5 Å². The van der Waals surface area contributed by atoms with Crippen LogP contribution in [0.3, 0.4) is 0 Å². The van der Waals surface area contributed by atoms with E-state index in [2.05, 4.69) is 15.3 Å². The molecule has 0 unspecified atom stereocenters. The molecule has 29 heavy (non-hydrogen) atoms. The smallest absolute Gasteiger partial charge is 0.278 e. The van der Waals surface area contributed by atoms with E-state index in [-0.39, 0.29) is 6.04 Å². The van der Waals surface area contributed by atoms with Gasteiger partial charge >= 0.3 is 0 Å². The molecule has 1 aromatic heterocycles. The topological polar surface area (TPSA) is 84.4 Å². The van der Waals surface area contributed by atoms with Crippen molar-refractivity contribution < 1.29 is 18.7 Å². The second-order valence-electron chi connectivity index (χ2n) is 7.04. The van der Waals surface area contributed by atoms with Gasteiger partial charge in [-0.05, 0) is 32.4 Å². The summed E-state index contributed by atoms with van der Waals surface area (Å²) in [5.41, 5.74) is -2.38. The number of rotatable bonds is 6. The standard InChI is InChI=1S/C20H22ClFN4O3/c1-13-3-5-16(6-4-13)26(18(27)17(21)22)20(2,14-9-23-12-24-10-14)19(28)25-15-7-8-29-11-15/h3-6,9-10,12,15,17H,7-8,11H2,1-2H3,(H,25,28)/t15-,17-,20-/m0/s1. The number of halogens is 2. The lowest BCUT2D eigenvalue weighted by Crippen LogP contribution is -2.60. The van der Waals surface area contributed by atoms with Gasteiger partial charge in [-0.2, -0.15) is 0 Å². The van der Waals surface area contributed by atoms with Crippen LogP contribution >= 0.6 is 11.6 Å². The molecule has 7 nitrogen and oxygen atoms in total. The van der Waals surface area contributed by atoms with E-state index < -0.39 is 23.0 Å². The van der Waals surface area contributed by atoms with Crippen LogP contribution in [0.2, 0.25) is 0 Å². The Labute approximate surface area is 173 Å². The Hall–Kier alpha value is -2.58. The molecule has 1 saturated heterocycles. The fourth-order valence-electron chi connectivity index (χ4n) is 3.28. The SMILES string of the molecule is Cc1ccc(N(C(=O)[C@H](F)Cl)[C@](C)(C(=O)N[C@H]2CCOC2)c2cncnc2)cc1. The molecule has 2 aromatic rings. The summed E-state index contributed by atoms with van der Waals surface area (Å²) in [6, 6.07) is 6.60. The number of ether oxygens (including phenoxy) is 1. The molecule has 0 bridgehead atoms. The van der Waals surface area contributed by atoms with E-state index >= 15 is 0 Å². The molecule has 9 heteroatoms. The Morgan fingerprint density at radius 3 is 2.52 bits per heavy atom. The Kier molecular flexibility index (Phi) is 6.44. The van der Waals surface area contributed by atoms with Crippen molar-refractivity contribution >= 4 is 29.1 Å². The predicted octanol–water partition coefficient (Wildman–Crippen LogP) is 2.47. The third kappa shape index (κ3) is 4.38. The Morgan fingerprint density at radius 2 is 1.97 bits per heavy atom. The summed E-state index contributed by atoms with van der Waals surface area (Å²) >= 11 is 5.53. The van der Waals surface area contributed by atoms with E-state index in [1.165, 1.54) is 25.6 Å². The number of carbonyl (C=O) groups is 2. The van der Waals surface area contributed by atoms with E-state index in [0.29, 0.717) is 30.9 Å². The number of nitrogens with zero attached hydrogens (tertiary/aromatic N) is 3. The first-order chi connectivity index (χ1) is 13.8. The Balaban J connectivity index is 2.12. The number of carbonyl (C=O) groups excluding carboxylic acids is 2. The number of aromatic nitrogens is 2. The zero-order valence-corrected chi connectivity index (χ0v) is 16.9. The van der Waals surface area contributed by atoms with Crippen molar-refractivity contribution in [3.05, 3.63) is 54.1 Å². The highest BCUT2D eigenvalue weighted by atomic mass is 35.5. The van der Waals surface area contributed by atoms with Crippen LogP contribution in [0.25, 0.3) is 0 Å². The summed E-state index contributed by atoms with van der Waals surface area (Å²) in [6.07, 6.45) is 4.80. The first-order valence-electron chi connectivity index (χ1n) is 9.17. The number of nitrogens with one attached hydrogen (secondary N) is 1. The number of alkyl halides is 2. The monoisotopic (exact) mass is 420 g/mol. The van der Waals surface area contributed by atoms with Gasteiger partial charge in [-0.3, -0.25) is 14.5 Å². The highest BCUT2D eigenvalue weighted by Crippen LogP contribution is 2.35. The lowest BCUT2D eigenvalue weighted by Gasteiger charge is -2.40. The van der Waals surface area contributed by atoms with Crippen molar-refractivity contribution in [1.82, 2.24) is 15.3 Å². The maximum absolute atomic E-state index is 14.0. The number of amides is 2. The lowest BCUT2D eigenvalue weighted by atomic mass is 9.89. The average Bonchev–Trinajstić information content (AvgIpc) is 3.23. The van der Waals surface area contributed by atoms with Gasteiger partial charge in [0.1, 0.15) is 6.33 Å². The van der Waals surface area contributed by atoms with Gasteiger partial charge < -0.3 is 10.1 Å². The summed E-state index contributed by atoms with van der Waals surface area (Å²) in [6.45, 7) is 4.30. The second-order valence-corrected chi connectivity index (χ2v) is 7.43. The van der Waals surface area contributed by atoms with Crippen LogP contribution in [0.1, 0.15) is 24.5 Å². The van der Waals surface area contributed by atoms with Crippen LogP contribution in [-0.2, 0) is 19.9 Å². The molecule has 0 radical (unpaired) electrons. The number of aryl methyl sites for hydroxylation is 1. The third-order valence-electron chi connectivity index (χ3n) is 4.98. The molecule has 0 aliphatic carbocycles. The number of hydrogen-bond acceptors (Lipinski definition) is 5. The van der Waals surface area contributed by atoms with E-state index in [1.54, 1.807) is 24.3 Å². The van der Waals surface area contributed by atoms with Gasteiger partial charge in [0.2, 0.25) is 0 Å². The average molecular weight is 421 g/mol. The quantitative estimate of drug-likeness (QED) is 0.726. The fraction of sp³-hybridized carbons (Fsp3) is 0.400. The molecular formula is C20H22ClFN4O3. The maximum atomic E-state index is 14.0. The van der Waals surface area contributed by atoms with Gasteiger partial charge in [-0.15, -0.1) is 0 Å². The first-order valence-corrected chi connectivity index (χ1v) is 9.60. The van der Waals surface area contributed by atoms with Crippen LogP contribution in [-0.4, -0.2) is 46.7 Å². The van der Waals surface area contributed by atoms with Gasteiger partial charge in [0, 0.05) is 30.3 Å².